The summed E-state index contributed by atoms with van der Waals surface area (Å²) in [7, 11) is 0. The summed E-state index contributed by atoms with van der Waals surface area (Å²) in [6.07, 6.45) is 0. The molecule has 100 heavy (non-hydrogen) atoms. The summed E-state index contributed by atoms with van der Waals surface area (Å²) in [5, 5.41) is 14.6. The van der Waals surface area contributed by atoms with Crippen molar-refractivity contribution in [2.45, 2.75) is 20.8 Å². The molecule has 0 amide bonds. The second-order valence-corrected chi connectivity index (χ2v) is 27.4. The van der Waals surface area contributed by atoms with Gasteiger partial charge in [0.1, 0.15) is 0 Å². The molecule has 0 spiro atoms. The second kappa shape index (κ2) is 21.6. The SMILES string of the molecule is Cc1cc(C)c(B(c2ccc3c(c2)c2cc(-n4c5ccccc5c5cc6c(cc54)c4ccccc4n6-c4ccccc4)ccc2n3-c2ccccc2)c2ccc3c(c2)c2cc(-n4c5ccccc5c5cc6c(cc54)c4ccccc4n6-c4ccccc4)ccc2n3-c2ccccc2)c(C)c1. The third-order valence-electron chi connectivity index (χ3n) is 21.7. The minimum atomic E-state index is -0.124. The molecule has 0 radical (unpaired) electrons. The van der Waals surface area contributed by atoms with Crippen LogP contribution in [0.3, 0.4) is 0 Å². The molecule has 21 aromatic rings. The van der Waals surface area contributed by atoms with E-state index in [1.807, 2.05) is 0 Å². The summed E-state index contributed by atoms with van der Waals surface area (Å²) >= 11 is 0. The first-order chi connectivity index (χ1) is 49.4. The van der Waals surface area contributed by atoms with Gasteiger partial charge in [-0.2, -0.15) is 0 Å². The normalized spacial score (nSPS) is 12.2. The van der Waals surface area contributed by atoms with Crippen molar-refractivity contribution in [3.63, 3.8) is 0 Å². The first-order valence-electron chi connectivity index (χ1n) is 34.8. The van der Waals surface area contributed by atoms with E-state index in [2.05, 4.69) is 376 Å². The summed E-state index contributed by atoms with van der Waals surface area (Å²) in [5.41, 5.74) is 28.6. The Hall–Kier alpha value is -12.8. The van der Waals surface area contributed by atoms with Crippen LogP contribution in [0, 0.1) is 20.8 Å². The van der Waals surface area contributed by atoms with Crippen molar-refractivity contribution in [1.29, 1.82) is 0 Å². The summed E-state index contributed by atoms with van der Waals surface area (Å²) in [6.45, 7) is 6.74. The molecular weight excluding hydrogens is 1210 g/mol. The third-order valence-corrected chi connectivity index (χ3v) is 21.7. The number of aryl methyl sites for hydroxylation is 3. The van der Waals surface area contributed by atoms with E-state index in [0.717, 1.165) is 56.2 Å². The van der Waals surface area contributed by atoms with Crippen LogP contribution in [0.5, 0.6) is 0 Å². The van der Waals surface area contributed by atoms with Gasteiger partial charge in [-0.15, -0.1) is 0 Å². The third kappa shape index (κ3) is 8.20. The molecule has 0 atom stereocenters. The van der Waals surface area contributed by atoms with Gasteiger partial charge in [0, 0.05) is 98.8 Å². The van der Waals surface area contributed by atoms with E-state index in [-0.39, 0.29) is 6.71 Å². The van der Waals surface area contributed by atoms with Gasteiger partial charge in [0.2, 0.25) is 6.71 Å². The molecule has 6 nitrogen and oxygen atoms in total. The monoisotopic (exact) mass is 1270 g/mol. The maximum atomic E-state index is 2.53. The number of rotatable bonds is 9. The van der Waals surface area contributed by atoms with Gasteiger partial charge >= 0.3 is 0 Å². The van der Waals surface area contributed by atoms with E-state index in [1.165, 1.54) is 142 Å². The molecule has 0 bridgehead atoms. The van der Waals surface area contributed by atoms with Gasteiger partial charge in [-0.3, -0.25) is 0 Å². The van der Waals surface area contributed by atoms with Gasteiger partial charge in [-0.1, -0.05) is 215 Å². The second-order valence-electron chi connectivity index (χ2n) is 27.4. The van der Waals surface area contributed by atoms with E-state index in [0.29, 0.717) is 0 Å². The molecule has 0 aliphatic heterocycles. The number of hydrogen-bond acceptors (Lipinski definition) is 0. The Morgan fingerprint density at radius 1 is 0.180 bits per heavy atom. The first-order valence-corrected chi connectivity index (χ1v) is 34.8. The maximum absolute atomic E-state index is 2.53. The summed E-state index contributed by atoms with van der Waals surface area (Å²) in [5.74, 6) is 0. The zero-order valence-electron chi connectivity index (χ0n) is 55.4. The molecule has 0 fully saturated rings. The lowest BCUT2D eigenvalue weighted by Gasteiger charge is -2.21. The zero-order chi connectivity index (χ0) is 66.0. The zero-order valence-corrected chi connectivity index (χ0v) is 55.4. The van der Waals surface area contributed by atoms with Crippen molar-refractivity contribution in [3.8, 4) is 34.1 Å². The van der Waals surface area contributed by atoms with Crippen molar-refractivity contribution in [3.05, 3.63) is 344 Å². The standard InChI is InChI=1S/C93H63BN6/c1-58-48-59(2)93(60(3)49-58)94(61-40-44-85-73(50-61)75-52-67(42-46-87(75)95(85)63-24-8-4-9-25-63)99-83-38-22-18-34-71(83)79-54-89-77(56-91(79)99)69-32-16-20-36-81(69)97(89)65-28-12-6-13-29-65)62-41-45-86-74(51-62)76-53-68(43-47-88(76)96(86)64-26-10-5-11-27-64)100-84-39-23-19-35-72(84)80-55-90-78(57-92(80)100)70-33-17-21-37-82(70)98(90)66-30-14-7-15-31-66/h4-57H,1-3H3. The van der Waals surface area contributed by atoms with E-state index in [1.54, 1.807) is 0 Å². The van der Waals surface area contributed by atoms with E-state index >= 15 is 0 Å². The molecule has 0 aliphatic rings. The molecule has 21 rings (SSSR count). The lowest BCUT2D eigenvalue weighted by atomic mass is 9.35. The Kier molecular flexibility index (Phi) is 12.2. The Morgan fingerprint density at radius 2 is 0.420 bits per heavy atom. The average molecular weight is 1280 g/mol. The van der Waals surface area contributed by atoms with Gasteiger partial charge in [0.05, 0.1) is 66.2 Å². The minimum absolute atomic E-state index is 0.124. The largest absolute Gasteiger partial charge is 0.309 e. The van der Waals surface area contributed by atoms with E-state index in [4.69, 9.17) is 0 Å². The molecule has 7 heteroatoms. The van der Waals surface area contributed by atoms with Crippen LogP contribution < -0.4 is 16.4 Å². The Morgan fingerprint density at radius 3 is 0.740 bits per heavy atom. The highest BCUT2D eigenvalue weighted by Crippen LogP contribution is 2.44. The van der Waals surface area contributed by atoms with Crippen molar-refractivity contribution in [2.75, 3.05) is 0 Å². The number of fused-ring (bicyclic) bond motifs is 18. The van der Waals surface area contributed by atoms with Crippen LogP contribution in [0.2, 0.25) is 0 Å². The lowest BCUT2D eigenvalue weighted by molar-refractivity contribution is 1.16. The van der Waals surface area contributed by atoms with Crippen LogP contribution in [-0.2, 0) is 0 Å². The van der Waals surface area contributed by atoms with Crippen LogP contribution in [0.1, 0.15) is 16.7 Å². The predicted octanol–water partition coefficient (Wildman–Crippen LogP) is 21.7. The van der Waals surface area contributed by atoms with Crippen molar-refractivity contribution in [1.82, 2.24) is 27.4 Å². The van der Waals surface area contributed by atoms with Gasteiger partial charge in [0.15, 0.2) is 0 Å². The highest BCUT2D eigenvalue weighted by Gasteiger charge is 2.30. The van der Waals surface area contributed by atoms with E-state index in [9.17, 15) is 0 Å². The summed E-state index contributed by atoms with van der Waals surface area (Å²) in [6, 6.07) is 123. The topological polar surface area (TPSA) is 29.6 Å². The van der Waals surface area contributed by atoms with Crippen LogP contribution in [-0.4, -0.2) is 34.1 Å². The number of hydrogen-bond donors (Lipinski definition) is 0. The molecule has 0 N–H and O–H groups in total. The van der Waals surface area contributed by atoms with Gasteiger partial charge < -0.3 is 27.4 Å². The maximum Gasteiger partial charge on any atom is 0.241 e. The molecule has 0 saturated heterocycles. The molecule has 15 aromatic carbocycles. The molecule has 6 aromatic heterocycles. The fraction of sp³-hybridized carbons (Fsp3) is 0.0323. The lowest BCUT2D eigenvalue weighted by Crippen LogP contribution is -2.54. The Labute approximate surface area is 577 Å². The smallest absolute Gasteiger partial charge is 0.241 e. The van der Waals surface area contributed by atoms with Gasteiger partial charge in [-0.05, 0) is 166 Å². The summed E-state index contributed by atoms with van der Waals surface area (Å²) in [4.78, 5) is 0. The fourth-order valence-corrected chi connectivity index (χ4v) is 17.7. The van der Waals surface area contributed by atoms with Crippen LogP contribution in [0.4, 0.5) is 0 Å². The van der Waals surface area contributed by atoms with Gasteiger partial charge in [-0.25, -0.2) is 0 Å². The molecule has 0 unspecified atom stereocenters. The summed E-state index contributed by atoms with van der Waals surface area (Å²) < 4.78 is 14.8. The molecule has 468 valence electrons. The number of nitrogens with zero attached hydrogens (tertiary/aromatic N) is 6. The highest BCUT2D eigenvalue weighted by molar-refractivity contribution is 6.96. The Bertz CT molecular complexity index is 6560. The van der Waals surface area contributed by atoms with Crippen LogP contribution >= 0.6 is 0 Å². The van der Waals surface area contributed by atoms with Crippen molar-refractivity contribution >= 4 is 154 Å². The van der Waals surface area contributed by atoms with Gasteiger partial charge in [0.25, 0.3) is 0 Å². The van der Waals surface area contributed by atoms with Crippen molar-refractivity contribution < 1.29 is 0 Å². The highest BCUT2D eigenvalue weighted by atomic mass is 15.0. The number of aromatic nitrogens is 6. The van der Waals surface area contributed by atoms with Crippen LogP contribution in [0.15, 0.2) is 328 Å². The molecular formula is C93H63BN6. The molecule has 6 heterocycles. The van der Waals surface area contributed by atoms with Crippen molar-refractivity contribution in [2.24, 2.45) is 0 Å². The fourth-order valence-electron chi connectivity index (χ4n) is 17.7. The average Bonchev–Trinajstić information content (AvgIpc) is 1.56. The Balaban J connectivity index is 0.790. The predicted molar refractivity (Wildman–Crippen MR) is 424 cm³/mol. The number of para-hydroxylation sites is 8. The minimum Gasteiger partial charge on any atom is -0.309 e. The molecule has 0 aliphatic carbocycles. The molecule has 0 saturated carbocycles. The van der Waals surface area contributed by atoms with Crippen LogP contribution in [0.25, 0.3) is 165 Å². The van der Waals surface area contributed by atoms with E-state index < -0.39 is 0 Å². The number of benzene rings is 15. The first kappa shape index (κ1) is 56.4. The quantitative estimate of drug-likeness (QED) is 0.129.